The van der Waals surface area contributed by atoms with Gasteiger partial charge in [-0.25, -0.2) is 0 Å². The summed E-state index contributed by atoms with van der Waals surface area (Å²) in [6.45, 7) is 1.67. The Labute approximate surface area is 70.7 Å². The van der Waals surface area contributed by atoms with Crippen LogP contribution < -0.4 is 0 Å². The van der Waals surface area contributed by atoms with Gasteiger partial charge in [-0.2, -0.15) is 4.18 Å². The van der Waals surface area contributed by atoms with Gasteiger partial charge in [0.1, 0.15) is 0 Å². The highest BCUT2D eigenvalue weighted by molar-refractivity contribution is 8.21. The van der Waals surface area contributed by atoms with Crippen LogP contribution in [0.15, 0.2) is 0 Å². The second-order valence-electron chi connectivity index (χ2n) is 1.81. The van der Waals surface area contributed by atoms with Gasteiger partial charge in [-0.3, -0.25) is 8.37 Å². The smallest absolute Gasteiger partial charge is 0.296 e. The van der Waals surface area contributed by atoms with Crippen molar-refractivity contribution >= 4 is 10.9 Å². The zero-order valence-electron chi connectivity index (χ0n) is 6.97. The lowest BCUT2D eigenvalue weighted by Crippen LogP contribution is -2.20. The van der Waals surface area contributed by atoms with Crippen molar-refractivity contribution < 1.29 is 25.7 Å². The fourth-order valence-electron chi connectivity index (χ4n) is 0.492. The summed E-state index contributed by atoms with van der Waals surface area (Å²) in [6, 6.07) is 0. The number of halogens is 3. The van der Waals surface area contributed by atoms with E-state index in [4.69, 9.17) is 0 Å². The quantitative estimate of drug-likeness (QED) is 0.710. The van der Waals surface area contributed by atoms with Crippen LogP contribution in [0.1, 0.15) is 6.92 Å². The first-order chi connectivity index (χ1) is 5.33. The average Bonchev–Trinajstić information content (AvgIpc) is 1.84. The molecule has 1 atom stereocenters. The molecule has 76 valence electrons. The molecule has 0 spiro atoms. The molecule has 0 aromatic heterocycles. The van der Waals surface area contributed by atoms with Gasteiger partial charge in [-0.15, -0.1) is 13.2 Å². The van der Waals surface area contributed by atoms with Gasteiger partial charge in [0.25, 0.3) is 0 Å². The van der Waals surface area contributed by atoms with E-state index in [0.29, 0.717) is 0 Å². The maximum Gasteiger partial charge on any atom is 0.535 e. The minimum atomic E-state index is -4.73. The predicted molar refractivity (Wildman–Crippen MR) is 39.3 cm³/mol. The Hall–Kier alpha value is 0.0200. The van der Waals surface area contributed by atoms with E-state index in [9.17, 15) is 13.2 Å². The number of hydrogen-bond donors (Lipinski definition) is 0. The summed E-state index contributed by atoms with van der Waals surface area (Å²) in [4.78, 5) is 0. The van der Waals surface area contributed by atoms with Gasteiger partial charge in [0.15, 0.2) is 0 Å². The van der Waals surface area contributed by atoms with Crippen molar-refractivity contribution in [2.24, 2.45) is 0 Å². The van der Waals surface area contributed by atoms with Crippen molar-refractivity contribution in [2.75, 3.05) is 20.0 Å². The minimum absolute atomic E-state index is 0.107. The molecule has 3 nitrogen and oxygen atoms in total. The van der Waals surface area contributed by atoms with Crippen LogP contribution in [0.4, 0.5) is 13.2 Å². The van der Waals surface area contributed by atoms with Crippen LogP contribution in [0.25, 0.3) is 0 Å². The van der Waals surface area contributed by atoms with Crippen LogP contribution >= 0.6 is 10.9 Å². The third-order valence-corrected chi connectivity index (χ3v) is 2.64. The van der Waals surface area contributed by atoms with Gasteiger partial charge < -0.3 is 0 Å². The van der Waals surface area contributed by atoms with Crippen molar-refractivity contribution in [2.45, 2.75) is 13.3 Å². The maximum atomic E-state index is 11.7. The highest BCUT2D eigenvalue weighted by atomic mass is 32.3. The van der Waals surface area contributed by atoms with E-state index in [-0.39, 0.29) is 6.61 Å². The molecular weight excluding hydrogens is 197 g/mol. The molecule has 0 aliphatic rings. The molecule has 0 aliphatic heterocycles. The van der Waals surface area contributed by atoms with Crippen LogP contribution in [0, 0.1) is 0 Å². The Bertz CT molecular complexity index is 140. The monoisotopic (exact) mass is 208 g/mol. The lowest BCUT2D eigenvalue weighted by atomic mass is 10.9. The van der Waals surface area contributed by atoms with Crippen LogP contribution in [-0.4, -0.2) is 26.3 Å². The second-order valence-corrected chi connectivity index (χ2v) is 3.95. The van der Waals surface area contributed by atoms with E-state index in [2.05, 4.69) is 12.5 Å². The lowest BCUT2D eigenvalue weighted by Gasteiger charge is -2.31. The molecule has 0 aromatic carbocycles. The normalized spacial score (nSPS) is 20.2. The summed E-state index contributed by atoms with van der Waals surface area (Å²) in [7, 11) is -1.80. The Morgan fingerprint density at radius 2 is 1.83 bits per heavy atom. The molecule has 0 aliphatic carbocycles. The fourth-order valence-corrected chi connectivity index (χ4v) is 1.48. The van der Waals surface area contributed by atoms with Gasteiger partial charge in [0.05, 0.1) is 24.6 Å². The average molecular weight is 208 g/mol. The number of rotatable bonds is 4. The molecular formula is C5H11F3O3S. The summed E-state index contributed by atoms with van der Waals surface area (Å²) in [6.07, 6.45) is -3.60. The number of hydrogen-bond acceptors (Lipinski definition) is 3. The molecule has 0 fully saturated rings. The van der Waals surface area contributed by atoms with E-state index < -0.39 is 17.2 Å². The lowest BCUT2D eigenvalue weighted by molar-refractivity contribution is -0.276. The fraction of sp³-hybridized carbons (Fsp3) is 1.00. The molecule has 0 N–H and O–H groups in total. The Morgan fingerprint density at radius 3 is 2.08 bits per heavy atom. The third-order valence-electron chi connectivity index (χ3n) is 0.881. The van der Waals surface area contributed by atoms with Gasteiger partial charge in [-0.05, 0) is 6.92 Å². The SMILES string of the molecule is CCOS(C)(OC)OC(F)(F)F. The summed E-state index contributed by atoms with van der Waals surface area (Å²) in [5, 5.41) is 0. The Morgan fingerprint density at radius 1 is 1.33 bits per heavy atom. The largest absolute Gasteiger partial charge is 0.535 e. The molecule has 1 unspecified atom stereocenters. The summed E-state index contributed by atoms with van der Waals surface area (Å²) in [5.41, 5.74) is 0. The molecule has 0 rings (SSSR count). The molecule has 0 radical (unpaired) electrons. The summed E-state index contributed by atoms with van der Waals surface area (Å²) >= 11 is 0. The zero-order chi connectivity index (χ0) is 9.83. The first-order valence-electron chi connectivity index (χ1n) is 3.08. The molecule has 0 amide bonds. The predicted octanol–water partition coefficient (Wildman–Crippen LogP) is 2.39. The van der Waals surface area contributed by atoms with Gasteiger partial charge in [0.2, 0.25) is 0 Å². The van der Waals surface area contributed by atoms with Crippen LogP contribution in [0.2, 0.25) is 0 Å². The molecule has 0 heterocycles. The highest BCUT2D eigenvalue weighted by Gasteiger charge is 2.39. The Kier molecular flexibility index (Phi) is 4.32. The van der Waals surface area contributed by atoms with E-state index in [1.807, 2.05) is 0 Å². The Balaban J connectivity index is 4.14. The first kappa shape index (κ1) is 12.0. The number of alkyl halides is 3. The second kappa shape index (κ2) is 4.31. The van der Waals surface area contributed by atoms with Crippen molar-refractivity contribution in [3.05, 3.63) is 0 Å². The molecule has 12 heavy (non-hydrogen) atoms. The van der Waals surface area contributed by atoms with Gasteiger partial charge >= 0.3 is 6.36 Å². The topological polar surface area (TPSA) is 27.7 Å². The van der Waals surface area contributed by atoms with Gasteiger partial charge in [-0.1, -0.05) is 0 Å². The molecule has 0 saturated heterocycles. The van der Waals surface area contributed by atoms with Crippen LogP contribution in [0.5, 0.6) is 0 Å². The van der Waals surface area contributed by atoms with E-state index in [0.717, 1.165) is 13.4 Å². The zero-order valence-corrected chi connectivity index (χ0v) is 7.79. The van der Waals surface area contributed by atoms with Crippen molar-refractivity contribution in [1.82, 2.24) is 0 Å². The third kappa shape index (κ3) is 4.81. The van der Waals surface area contributed by atoms with E-state index in [1.54, 1.807) is 6.92 Å². The van der Waals surface area contributed by atoms with Crippen LogP contribution in [0.3, 0.4) is 0 Å². The molecule has 0 bridgehead atoms. The van der Waals surface area contributed by atoms with Crippen molar-refractivity contribution in [3.8, 4) is 0 Å². The molecule has 7 heteroatoms. The van der Waals surface area contributed by atoms with Crippen molar-refractivity contribution in [1.29, 1.82) is 0 Å². The summed E-state index contributed by atoms with van der Waals surface area (Å²) in [5.74, 6) is 0. The highest BCUT2D eigenvalue weighted by Crippen LogP contribution is 2.51. The molecule has 0 saturated carbocycles. The minimum Gasteiger partial charge on any atom is -0.296 e. The maximum absolute atomic E-state index is 11.7. The van der Waals surface area contributed by atoms with Crippen molar-refractivity contribution in [3.63, 3.8) is 0 Å². The van der Waals surface area contributed by atoms with E-state index >= 15 is 0 Å². The van der Waals surface area contributed by atoms with E-state index in [1.165, 1.54) is 0 Å². The first-order valence-corrected chi connectivity index (χ1v) is 4.90. The molecule has 0 aromatic rings. The van der Waals surface area contributed by atoms with Crippen LogP contribution in [-0.2, 0) is 12.5 Å². The summed E-state index contributed by atoms with van der Waals surface area (Å²) < 4.78 is 47.9. The van der Waals surface area contributed by atoms with Gasteiger partial charge in [0, 0.05) is 6.26 Å². The standard InChI is InChI=1S/C5H11F3O3S/c1-4-10-12(3,9-2)11-5(6,7)8/h4H2,1-3H3.